The minimum atomic E-state index is 0.128. The summed E-state index contributed by atoms with van der Waals surface area (Å²) in [5.74, 6) is 1.56. The first-order valence-electron chi connectivity index (χ1n) is 8.42. The highest BCUT2D eigenvalue weighted by atomic mass is 16.4. The van der Waals surface area contributed by atoms with E-state index in [0.717, 1.165) is 19.6 Å². The number of carbonyl (C=O) groups excluding carboxylic acids is 1. The van der Waals surface area contributed by atoms with E-state index in [0.29, 0.717) is 23.7 Å². The maximum Gasteiger partial charge on any atom is 0.318 e. The van der Waals surface area contributed by atoms with Gasteiger partial charge in [-0.25, -0.2) is 0 Å². The molecule has 1 aromatic carbocycles. The van der Waals surface area contributed by atoms with Crippen molar-refractivity contribution in [3.8, 4) is 0 Å². The molecule has 126 valence electrons. The number of hydrogen-bond donors (Lipinski definition) is 0. The second-order valence-electron chi connectivity index (χ2n) is 6.91. The van der Waals surface area contributed by atoms with Crippen molar-refractivity contribution in [1.82, 2.24) is 15.1 Å². The predicted octanol–water partition coefficient (Wildman–Crippen LogP) is 2.34. The molecule has 2 saturated heterocycles. The smallest absolute Gasteiger partial charge is 0.318 e. The largest absolute Gasteiger partial charge is 0.408 e. The van der Waals surface area contributed by atoms with E-state index in [1.165, 1.54) is 11.1 Å². The fraction of sp³-hybridized carbons (Fsp3) is 0.500. The monoisotopic (exact) mass is 326 g/mol. The zero-order valence-electron chi connectivity index (χ0n) is 14.3. The van der Waals surface area contributed by atoms with Crippen LogP contribution in [0.3, 0.4) is 0 Å². The summed E-state index contributed by atoms with van der Waals surface area (Å²) in [5.41, 5.74) is 2.49. The highest BCUT2D eigenvalue weighted by molar-refractivity contribution is 5.74. The van der Waals surface area contributed by atoms with Gasteiger partial charge in [0.1, 0.15) is 0 Å². The highest BCUT2D eigenvalue weighted by Crippen LogP contribution is 2.46. The van der Waals surface area contributed by atoms with Gasteiger partial charge in [-0.05, 0) is 18.1 Å². The van der Waals surface area contributed by atoms with Crippen molar-refractivity contribution in [2.24, 2.45) is 11.8 Å². The summed E-state index contributed by atoms with van der Waals surface area (Å²) in [7, 11) is 0. The van der Waals surface area contributed by atoms with Gasteiger partial charge in [-0.1, -0.05) is 29.4 Å². The summed E-state index contributed by atoms with van der Waals surface area (Å²) in [6.45, 7) is 8.09. The Kier molecular flexibility index (Phi) is 3.55. The maximum atomic E-state index is 12.2. The van der Waals surface area contributed by atoms with Crippen molar-refractivity contribution in [3.63, 3.8) is 0 Å². The minimum Gasteiger partial charge on any atom is -0.408 e. The van der Waals surface area contributed by atoms with Gasteiger partial charge in [0.2, 0.25) is 11.8 Å². The first-order chi connectivity index (χ1) is 11.5. The van der Waals surface area contributed by atoms with Crippen molar-refractivity contribution < 1.29 is 9.21 Å². The third kappa shape index (κ3) is 2.37. The fourth-order valence-electron chi connectivity index (χ4n) is 4.26. The molecule has 2 aliphatic rings. The Morgan fingerprint density at radius 1 is 1.17 bits per heavy atom. The Morgan fingerprint density at radius 3 is 2.62 bits per heavy atom. The van der Waals surface area contributed by atoms with Crippen molar-refractivity contribution in [3.05, 3.63) is 41.3 Å². The van der Waals surface area contributed by atoms with E-state index in [9.17, 15) is 4.79 Å². The Bertz CT molecular complexity index is 772. The molecule has 24 heavy (non-hydrogen) atoms. The number of rotatable bonds is 2. The van der Waals surface area contributed by atoms with Crippen LogP contribution in [0.25, 0.3) is 0 Å². The third-order valence-corrected chi connectivity index (χ3v) is 5.36. The first kappa shape index (κ1) is 15.2. The average Bonchev–Trinajstić information content (AvgIpc) is 3.21. The molecule has 1 amide bonds. The Morgan fingerprint density at radius 2 is 1.96 bits per heavy atom. The van der Waals surface area contributed by atoms with Crippen LogP contribution in [-0.2, 0) is 4.79 Å². The molecule has 0 aliphatic carbocycles. The number of anilines is 1. The fourth-order valence-corrected chi connectivity index (χ4v) is 4.26. The summed E-state index contributed by atoms with van der Waals surface area (Å²) >= 11 is 0. The number of hydrogen-bond acceptors (Lipinski definition) is 5. The normalized spacial score (nSPS) is 26.0. The number of fused-ring (bicyclic) bond motifs is 1. The van der Waals surface area contributed by atoms with E-state index in [1.807, 2.05) is 11.0 Å². The second-order valence-corrected chi connectivity index (χ2v) is 6.91. The van der Waals surface area contributed by atoms with Crippen molar-refractivity contribution in [2.75, 3.05) is 24.5 Å². The van der Waals surface area contributed by atoms with E-state index < -0.39 is 0 Å². The molecular formula is C18H22N4O2. The van der Waals surface area contributed by atoms with E-state index >= 15 is 0 Å². The van der Waals surface area contributed by atoms with Gasteiger partial charge >= 0.3 is 6.01 Å². The van der Waals surface area contributed by atoms with Crippen LogP contribution in [0.4, 0.5) is 6.01 Å². The summed E-state index contributed by atoms with van der Waals surface area (Å²) in [4.78, 5) is 16.4. The van der Waals surface area contributed by atoms with Gasteiger partial charge in [0.15, 0.2) is 0 Å². The van der Waals surface area contributed by atoms with Gasteiger partial charge in [-0.2, -0.15) is 0 Å². The van der Waals surface area contributed by atoms with E-state index in [2.05, 4.69) is 40.2 Å². The first-order valence-corrected chi connectivity index (χ1v) is 8.42. The molecule has 4 rings (SSSR count). The molecule has 6 nitrogen and oxygen atoms in total. The topological polar surface area (TPSA) is 62.5 Å². The van der Waals surface area contributed by atoms with E-state index in [1.54, 1.807) is 13.8 Å². The summed E-state index contributed by atoms with van der Waals surface area (Å²) in [5, 5.41) is 8.09. The Balaban J connectivity index is 1.66. The van der Waals surface area contributed by atoms with Gasteiger partial charge in [0, 0.05) is 45.3 Å². The van der Waals surface area contributed by atoms with Crippen LogP contribution in [0.5, 0.6) is 0 Å². The van der Waals surface area contributed by atoms with Crippen molar-refractivity contribution in [1.29, 1.82) is 0 Å². The maximum absolute atomic E-state index is 12.2. The Hall–Kier alpha value is -2.37. The van der Waals surface area contributed by atoms with Gasteiger partial charge in [-0.3, -0.25) is 4.79 Å². The lowest BCUT2D eigenvalue weighted by atomic mass is 9.87. The van der Waals surface area contributed by atoms with Crippen LogP contribution in [0, 0.1) is 25.7 Å². The molecule has 2 fully saturated rings. The SMILES string of the molecule is CC(=O)N1C[C@H]2CN(c3nnc(C)o3)C[C@H]2[C@@H]1c1ccccc1C. The highest BCUT2D eigenvalue weighted by Gasteiger charge is 2.49. The summed E-state index contributed by atoms with van der Waals surface area (Å²) in [6.07, 6.45) is 0. The Labute approximate surface area is 141 Å². The van der Waals surface area contributed by atoms with Crippen molar-refractivity contribution in [2.45, 2.75) is 26.8 Å². The molecule has 1 aromatic heterocycles. The molecule has 6 heteroatoms. The van der Waals surface area contributed by atoms with E-state index in [-0.39, 0.29) is 11.9 Å². The molecule has 0 saturated carbocycles. The molecule has 3 atom stereocenters. The predicted molar refractivity (Wildman–Crippen MR) is 89.5 cm³/mol. The van der Waals surface area contributed by atoms with Crippen LogP contribution in [0.15, 0.2) is 28.7 Å². The number of aromatic nitrogens is 2. The zero-order chi connectivity index (χ0) is 16.8. The van der Waals surface area contributed by atoms with Gasteiger partial charge < -0.3 is 14.2 Å². The van der Waals surface area contributed by atoms with Crippen LogP contribution >= 0.6 is 0 Å². The number of carbonyl (C=O) groups is 1. The molecule has 0 N–H and O–H groups in total. The van der Waals surface area contributed by atoms with E-state index in [4.69, 9.17) is 4.42 Å². The lowest BCUT2D eigenvalue weighted by Gasteiger charge is -2.29. The van der Waals surface area contributed by atoms with Crippen LogP contribution in [-0.4, -0.2) is 40.6 Å². The number of nitrogens with zero attached hydrogens (tertiary/aromatic N) is 4. The molecule has 0 bridgehead atoms. The standard InChI is InChI=1S/C18H22N4O2/c1-11-6-4-5-7-15(11)17-16-10-21(18-20-19-12(2)24-18)8-14(16)9-22(17)13(3)23/h4-7,14,16-17H,8-10H2,1-3H3/t14-,16-,17+/m1/s1. The summed E-state index contributed by atoms with van der Waals surface area (Å²) < 4.78 is 5.59. The number of benzene rings is 1. The number of aryl methyl sites for hydroxylation is 2. The molecule has 0 spiro atoms. The van der Waals surface area contributed by atoms with Crippen molar-refractivity contribution >= 4 is 11.9 Å². The lowest BCUT2D eigenvalue weighted by molar-refractivity contribution is -0.130. The van der Waals surface area contributed by atoms with Gasteiger partial charge in [0.25, 0.3) is 0 Å². The average molecular weight is 326 g/mol. The molecule has 2 aromatic rings. The molecule has 3 heterocycles. The quantitative estimate of drug-likeness (QED) is 0.848. The van der Waals surface area contributed by atoms with Crippen LogP contribution in [0.1, 0.15) is 30.0 Å². The van der Waals surface area contributed by atoms with Crippen LogP contribution in [0.2, 0.25) is 0 Å². The molecule has 2 aliphatic heterocycles. The minimum absolute atomic E-state index is 0.128. The van der Waals surface area contributed by atoms with Gasteiger partial charge in [-0.15, -0.1) is 5.10 Å². The molecular weight excluding hydrogens is 304 g/mol. The molecule has 0 radical (unpaired) electrons. The zero-order valence-corrected chi connectivity index (χ0v) is 14.3. The molecule has 0 unspecified atom stereocenters. The lowest BCUT2D eigenvalue weighted by Crippen LogP contribution is -2.34. The number of amides is 1. The summed E-state index contributed by atoms with van der Waals surface area (Å²) in [6, 6.07) is 9.10. The van der Waals surface area contributed by atoms with Gasteiger partial charge in [0.05, 0.1) is 6.04 Å². The third-order valence-electron chi connectivity index (χ3n) is 5.36. The number of likely N-dealkylation sites (tertiary alicyclic amines) is 1. The van der Waals surface area contributed by atoms with Crippen LogP contribution < -0.4 is 4.90 Å². The second kappa shape index (κ2) is 5.61.